The maximum Gasteiger partial charge on any atom is 0.177 e. The number of hydrogen-bond donors (Lipinski definition) is 3. The fourth-order valence-corrected chi connectivity index (χ4v) is 3.64. The predicted molar refractivity (Wildman–Crippen MR) is 96.2 cm³/mol. The van der Waals surface area contributed by atoms with E-state index in [1.807, 2.05) is 0 Å². The number of halogens is 2. The number of imidazole rings is 1. The lowest BCUT2D eigenvalue weighted by atomic mass is 9.81. The molecule has 5 N–H and O–H groups in total. The Balaban J connectivity index is 1.82. The van der Waals surface area contributed by atoms with Gasteiger partial charge in [0.15, 0.2) is 5.65 Å². The smallest absolute Gasteiger partial charge is 0.177 e. The summed E-state index contributed by atoms with van der Waals surface area (Å²) in [6.45, 7) is 0. The molecular weight excluding hydrogens is 338 g/mol. The van der Waals surface area contributed by atoms with Gasteiger partial charge in [0, 0.05) is 30.1 Å². The normalized spacial score (nSPS) is 20.4. The van der Waals surface area contributed by atoms with Crippen molar-refractivity contribution in [3.05, 3.63) is 47.8 Å². The summed E-state index contributed by atoms with van der Waals surface area (Å²) in [6, 6.07) is 3.61. The monoisotopic (exact) mass is 358 g/mol. The van der Waals surface area contributed by atoms with E-state index in [9.17, 15) is 8.78 Å². The number of nitrogens with one attached hydrogen (secondary N) is 1. The van der Waals surface area contributed by atoms with Crippen LogP contribution in [0, 0.1) is 11.6 Å². The maximum absolute atomic E-state index is 14.2. The molecule has 0 bridgehead atoms. The van der Waals surface area contributed by atoms with Gasteiger partial charge in [0.1, 0.15) is 17.5 Å². The molecule has 1 saturated carbocycles. The van der Waals surface area contributed by atoms with Crippen LogP contribution < -0.4 is 16.8 Å². The zero-order valence-corrected chi connectivity index (χ0v) is 14.1. The molecule has 4 rings (SSSR count). The first kappa shape index (κ1) is 16.7. The standard InChI is InChI=1S/C18H20F2N6/c19-11-3-6-14(13(20)9-11)24-16-15(10-1-4-12(21)5-2-10)17(22)25-26-8-7-23-18(16)26/h3,6-10,12,24H,1-2,4-5,21H2,(H2,22,25). The van der Waals surface area contributed by atoms with Crippen molar-refractivity contribution in [1.29, 1.82) is 0 Å². The third-order valence-corrected chi connectivity index (χ3v) is 4.98. The molecule has 0 radical (unpaired) electrons. The van der Waals surface area contributed by atoms with Crippen LogP contribution in [0.4, 0.5) is 26.0 Å². The molecule has 0 atom stereocenters. The van der Waals surface area contributed by atoms with Gasteiger partial charge in [-0.3, -0.25) is 0 Å². The fraction of sp³-hybridized carbons (Fsp3) is 0.333. The van der Waals surface area contributed by atoms with E-state index in [0.717, 1.165) is 37.3 Å². The van der Waals surface area contributed by atoms with Crippen LogP contribution in [-0.4, -0.2) is 20.6 Å². The van der Waals surface area contributed by atoms with Crippen LogP contribution in [0.2, 0.25) is 0 Å². The number of nitrogens with two attached hydrogens (primary N) is 2. The van der Waals surface area contributed by atoms with Crippen LogP contribution in [0.3, 0.4) is 0 Å². The van der Waals surface area contributed by atoms with Gasteiger partial charge in [-0.05, 0) is 43.7 Å². The first-order chi connectivity index (χ1) is 12.5. The van der Waals surface area contributed by atoms with Gasteiger partial charge < -0.3 is 16.8 Å². The lowest BCUT2D eigenvalue weighted by Crippen LogP contribution is -2.26. The summed E-state index contributed by atoms with van der Waals surface area (Å²) in [5, 5.41) is 7.45. The van der Waals surface area contributed by atoms with E-state index >= 15 is 0 Å². The van der Waals surface area contributed by atoms with Gasteiger partial charge in [0.05, 0.1) is 11.4 Å². The Kier molecular flexibility index (Phi) is 4.20. The summed E-state index contributed by atoms with van der Waals surface area (Å²) < 4.78 is 29.0. The van der Waals surface area contributed by atoms with E-state index in [1.165, 1.54) is 12.1 Å². The van der Waals surface area contributed by atoms with Gasteiger partial charge in [0.2, 0.25) is 0 Å². The third-order valence-electron chi connectivity index (χ3n) is 4.98. The van der Waals surface area contributed by atoms with Crippen molar-refractivity contribution in [2.24, 2.45) is 5.73 Å². The summed E-state index contributed by atoms with van der Waals surface area (Å²) >= 11 is 0. The quantitative estimate of drug-likeness (QED) is 0.668. The van der Waals surface area contributed by atoms with Crippen molar-refractivity contribution >= 4 is 22.8 Å². The van der Waals surface area contributed by atoms with Crippen molar-refractivity contribution < 1.29 is 8.78 Å². The van der Waals surface area contributed by atoms with Gasteiger partial charge in [-0.1, -0.05) is 0 Å². The van der Waals surface area contributed by atoms with Crippen molar-refractivity contribution in [2.75, 3.05) is 11.1 Å². The highest BCUT2D eigenvalue weighted by molar-refractivity contribution is 5.80. The molecule has 8 heteroatoms. The third kappa shape index (κ3) is 2.96. The van der Waals surface area contributed by atoms with Crippen molar-refractivity contribution in [2.45, 2.75) is 37.6 Å². The average molecular weight is 358 g/mol. The zero-order valence-electron chi connectivity index (χ0n) is 14.1. The van der Waals surface area contributed by atoms with E-state index in [1.54, 1.807) is 16.9 Å². The molecule has 1 aliphatic rings. The highest BCUT2D eigenvalue weighted by Gasteiger charge is 2.27. The number of anilines is 3. The largest absolute Gasteiger partial charge is 0.382 e. The SMILES string of the molecule is Nc1nn2ccnc2c(Nc2ccc(F)cc2F)c1C1CCC(N)CC1. The second kappa shape index (κ2) is 6.53. The van der Waals surface area contributed by atoms with Crippen LogP contribution in [0.5, 0.6) is 0 Å². The van der Waals surface area contributed by atoms with E-state index in [2.05, 4.69) is 15.4 Å². The second-order valence-electron chi connectivity index (χ2n) is 6.73. The van der Waals surface area contributed by atoms with Crippen LogP contribution in [0.15, 0.2) is 30.6 Å². The summed E-state index contributed by atoms with van der Waals surface area (Å²) in [4.78, 5) is 4.33. The van der Waals surface area contributed by atoms with Crippen LogP contribution in [0.1, 0.15) is 37.2 Å². The summed E-state index contributed by atoms with van der Waals surface area (Å²) in [5.41, 5.74) is 14.4. The number of rotatable bonds is 3. The van der Waals surface area contributed by atoms with Crippen molar-refractivity contribution in [1.82, 2.24) is 14.6 Å². The van der Waals surface area contributed by atoms with E-state index < -0.39 is 11.6 Å². The van der Waals surface area contributed by atoms with E-state index in [-0.39, 0.29) is 17.6 Å². The van der Waals surface area contributed by atoms with E-state index in [0.29, 0.717) is 17.2 Å². The van der Waals surface area contributed by atoms with Gasteiger partial charge in [-0.2, -0.15) is 0 Å². The predicted octanol–water partition coefficient (Wildman–Crippen LogP) is 3.32. The lowest BCUT2D eigenvalue weighted by Gasteiger charge is -2.28. The number of benzene rings is 1. The molecule has 3 aromatic rings. The lowest BCUT2D eigenvalue weighted by molar-refractivity contribution is 0.396. The molecule has 0 amide bonds. The summed E-state index contributed by atoms with van der Waals surface area (Å²) in [5.74, 6) is -0.771. The Morgan fingerprint density at radius 2 is 1.92 bits per heavy atom. The van der Waals surface area contributed by atoms with Gasteiger partial charge in [-0.25, -0.2) is 18.3 Å². The Labute approximate surface area is 149 Å². The second-order valence-corrected chi connectivity index (χ2v) is 6.73. The fourth-order valence-electron chi connectivity index (χ4n) is 3.64. The Bertz CT molecular complexity index is 946. The molecule has 1 fully saturated rings. The summed E-state index contributed by atoms with van der Waals surface area (Å²) in [7, 11) is 0. The molecular formula is C18H20F2N6. The minimum atomic E-state index is -0.679. The molecule has 0 aliphatic heterocycles. The van der Waals surface area contributed by atoms with Crippen molar-refractivity contribution in [3.63, 3.8) is 0 Å². The molecule has 0 saturated heterocycles. The molecule has 2 aromatic heterocycles. The van der Waals surface area contributed by atoms with Crippen LogP contribution >= 0.6 is 0 Å². The number of fused-ring (bicyclic) bond motifs is 1. The van der Waals surface area contributed by atoms with E-state index in [4.69, 9.17) is 11.5 Å². The Hall–Kier alpha value is -2.74. The molecule has 0 unspecified atom stereocenters. The Morgan fingerprint density at radius 1 is 1.15 bits per heavy atom. The molecule has 0 spiro atoms. The number of nitrogens with zero attached hydrogens (tertiary/aromatic N) is 3. The van der Waals surface area contributed by atoms with Crippen LogP contribution in [-0.2, 0) is 0 Å². The van der Waals surface area contributed by atoms with Gasteiger partial charge in [0.25, 0.3) is 0 Å². The highest BCUT2D eigenvalue weighted by atomic mass is 19.1. The Morgan fingerprint density at radius 3 is 2.65 bits per heavy atom. The molecule has 1 aromatic carbocycles. The first-order valence-corrected chi connectivity index (χ1v) is 8.63. The van der Waals surface area contributed by atoms with Crippen molar-refractivity contribution in [3.8, 4) is 0 Å². The minimum absolute atomic E-state index is 0.162. The molecule has 26 heavy (non-hydrogen) atoms. The van der Waals surface area contributed by atoms with Gasteiger partial charge >= 0.3 is 0 Å². The molecule has 6 nitrogen and oxygen atoms in total. The topological polar surface area (TPSA) is 94.3 Å². The number of aromatic nitrogens is 3. The van der Waals surface area contributed by atoms with Gasteiger partial charge in [-0.15, -0.1) is 5.10 Å². The maximum atomic E-state index is 14.2. The molecule has 136 valence electrons. The minimum Gasteiger partial charge on any atom is -0.382 e. The number of hydrogen-bond acceptors (Lipinski definition) is 5. The van der Waals surface area contributed by atoms with Crippen LogP contribution in [0.25, 0.3) is 5.65 Å². The molecule has 1 aliphatic carbocycles. The zero-order chi connectivity index (χ0) is 18.3. The summed E-state index contributed by atoms with van der Waals surface area (Å²) in [6.07, 6.45) is 6.84. The average Bonchev–Trinajstić information content (AvgIpc) is 3.06. The number of nitrogen functional groups attached to an aromatic ring is 1. The molecule has 2 heterocycles. The first-order valence-electron chi connectivity index (χ1n) is 8.63. The highest BCUT2D eigenvalue weighted by Crippen LogP contribution is 2.41.